The Bertz CT molecular complexity index is 863. The van der Waals surface area contributed by atoms with Crippen LogP contribution < -0.4 is 4.74 Å². The van der Waals surface area contributed by atoms with Gasteiger partial charge in [-0.1, -0.05) is 12.1 Å². The van der Waals surface area contributed by atoms with E-state index < -0.39 is 45.6 Å². The van der Waals surface area contributed by atoms with Gasteiger partial charge in [-0.3, -0.25) is 14.9 Å². The van der Waals surface area contributed by atoms with E-state index >= 15 is 0 Å². The molecule has 0 aliphatic carbocycles. The number of halogens is 3. The van der Waals surface area contributed by atoms with Crippen LogP contribution in [0.4, 0.5) is 18.9 Å². The van der Waals surface area contributed by atoms with Crippen LogP contribution in [0.25, 0.3) is 0 Å². The zero-order valence-corrected chi connectivity index (χ0v) is 12.1. The molecule has 7 nitrogen and oxygen atoms in total. The van der Waals surface area contributed by atoms with Crippen molar-refractivity contribution in [2.24, 2.45) is 0 Å². The first-order valence-corrected chi connectivity index (χ1v) is 6.51. The van der Waals surface area contributed by atoms with Gasteiger partial charge in [0.25, 0.3) is 5.69 Å². The lowest BCUT2D eigenvalue weighted by molar-refractivity contribution is -0.384. The molecule has 0 amide bonds. The zero-order chi connectivity index (χ0) is 18.8. The summed E-state index contributed by atoms with van der Waals surface area (Å²) in [6.45, 7) is 0. The minimum atomic E-state index is -4.96. The number of rotatable bonds is 5. The van der Waals surface area contributed by atoms with E-state index in [1.165, 1.54) is 6.07 Å². The number of hydrogen-bond donors (Lipinski definition) is 1. The Kier molecular flexibility index (Phi) is 4.72. The minimum absolute atomic E-state index is 0.266. The average molecular weight is 355 g/mol. The highest BCUT2D eigenvalue weighted by atomic mass is 19.4. The number of ketones is 1. The average Bonchev–Trinajstić information content (AvgIpc) is 2.52. The summed E-state index contributed by atoms with van der Waals surface area (Å²) in [7, 11) is 0. The zero-order valence-electron chi connectivity index (χ0n) is 12.1. The smallest absolute Gasteiger partial charge is 0.478 e. The van der Waals surface area contributed by atoms with Gasteiger partial charge in [0.05, 0.1) is 10.5 Å². The fourth-order valence-electron chi connectivity index (χ4n) is 2.01. The number of nitrogens with zero attached hydrogens (tertiary/aromatic N) is 1. The van der Waals surface area contributed by atoms with E-state index in [2.05, 4.69) is 4.74 Å². The first kappa shape index (κ1) is 17.9. The summed E-state index contributed by atoms with van der Waals surface area (Å²) in [4.78, 5) is 33.5. The number of carboxylic acids is 1. The summed E-state index contributed by atoms with van der Waals surface area (Å²) in [6, 6.07) is 6.61. The van der Waals surface area contributed by atoms with Gasteiger partial charge in [0.15, 0.2) is 5.78 Å². The molecule has 0 fully saturated rings. The number of nitro groups is 1. The topological polar surface area (TPSA) is 107 Å². The molecule has 0 saturated heterocycles. The molecule has 0 aliphatic heterocycles. The van der Waals surface area contributed by atoms with Crippen LogP contribution in [0, 0.1) is 10.1 Å². The van der Waals surface area contributed by atoms with Crippen LogP contribution in [0.1, 0.15) is 26.3 Å². The predicted octanol–water partition coefficient (Wildman–Crippen LogP) is 3.42. The first-order chi connectivity index (χ1) is 11.6. The molecule has 10 heteroatoms. The van der Waals surface area contributed by atoms with Gasteiger partial charge in [0.1, 0.15) is 5.75 Å². The molecule has 0 bridgehead atoms. The van der Waals surface area contributed by atoms with Crippen molar-refractivity contribution in [2.75, 3.05) is 0 Å². The molecule has 130 valence electrons. The molecule has 0 heterocycles. The molecule has 2 rings (SSSR count). The molecule has 0 aliphatic rings. The molecule has 25 heavy (non-hydrogen) atoms. The number of non-ortho nitro benzene ring substituents is 1. The molecular weight excluding hydrogens is 347 g/mol. The number of carboxylic acid groups (broad SMARTS) is 1. The van der Waals surface area contributed by atoms with Gasteiger partial charge in [0, 0.05) is 23.3 Å². The Morgan fingerprint density at radius 3 is 2.32 bits per heavy atom. The molecule has 0 spiro atoms. The number of hydrogen-bond acceptors (Lipinski definition) is 5. The molecular formula is C15H8F3NO6. The van der Waals surface area contributed by atoms with Gasteiger partial charge < -0.3 is 9.84 Å². The summed E-state index contributed by atoms with van der Waals surface area (Å²) in [6.07, 6.45) is -4.96. The summed E-state index contributed by atoms with van der Waals surface area (Å²) in [5.74, 6) is -3.16. The summed E-state index contributed by atoms with van der Waals surface area (Å²) >= 11 is 0. The number of nitro benzene ring substituents is 1. The monoisotopic (exact) mass is 355 g/mol. The molecule has 0 radical (unpaired) electrons. The largest absolute Gasteiger partial charge is 0.573 e. The Morgan fingerprint density at radius 1 is 1.08 bits per heavy atom. The third-order valence-electron chi connectivity index (χ3n) is 3.02. The van der Waals surface area contributed by atoms with E-state index in [1.807, 2.05) is 0 Å². The van der Waals surface area contributed by atoms with Crippen molar-refractivity contribution in [1.29, 1.82) is 0 Å². The number of aromatic carboxylic acids is 1. The number of carbonyl (C=O) groups excluding carboxylic acids is 1. The van der Waals surface area contributed by atoms with Crippen LogP contribution in [-0.2, 0) is 0 Å². The van der Waals surface area contributed by atoms with E-state index in [0.29, 0.717) is 6.07 Å². The molecule has 2 aromatic rings. The maximum atomic E-state index is 12.4. The number of ether oxygens (including phenoxy) is 1. The standard InChI is InChI=1S/C15H8F3NO6/c16-15(17,18)25-10-3-1-2-8(6-10)13(20)11-5-4-9(19(23)24)7-12(11)14(21)22/h1-7H,(H,21,22). The van der Waals surface area contributed by atoms with Crippen molar-refractivity contribution in [3.05, 3.63) is 69.3 Å². The van der Waals surface area contributed by atoms with Gasteiger partial charge in [-0.05, 0) is 18.2 Å². The lowest BCUT2D eigenvalue weighted by Crippen LogP contribution is -2.17. The van der Waals surface area contributed by atoms with Crippen molar-refractivity contribution in [1.82, 2.24) is 0 Å². The van der Waals surface area contributed by atoms with Crippen molar-refractivity contribution in [3.8, 4) is 5.75 Å². The highest BCUT2D eigenvalue weighted by Crippen LogP contribution is 2.26. The van der Waals surface area contributed by atoms with Crippen molar-refractivity contribution < 1.29 is 37.5 Å². The second-order valence-corrected chi connectivity index (χ2v) is 4.70. The Hall–Kier alpha value is -3.43. The van der Waals surface area contributed by atoms with Gasteiger partial charge in [-0.15, -0.1) is 13.2 Å². The number of benzene rings is 2. The van der Waals surface area contributed by atoms with Gasteiger partial charge >= 0.3 is 12.3 Å². The van der Waals surface area contributed by atoms with E-state index in [9.17, 15) is 32.9 Å². The van der Waals surface area contributed by atoms with Gasteiger partial charge in [-0.25, -0.2) is 4.79 Å². The quantitative estimate of drug-likeness (QED) is 0.500. The fraction of sp³-hybridized carbons (Fsp3) is 0.0667. The van der Waals surface area contributed by atoms with E-state index in [4.69, 9.17) is 5.11 Å². The highest BCUT2D eigenvalue weighted by Gasteiger charge is 2.31. The number of carbonyl (C=O) groups is 2. The third-order valence-corrected chi connectivity index (χ3v) is 3.02. The second kappa shape index (κ2) is 6.59. The Balaban J connectivity index is 2.46. The second-order valence-electron chi connectivity index (χ2n) is 4.70. The number of alkyl halides is 3. The van der Waals surface area contributed by atoms with E-state index in [1.54, 1.807) is 0 Å². The van der Waals surface area contributed by atoms with Crippen molar-refractivity contribution in [3.63, 3.8) is 0 Å². The summed E-state index contributed by atoms with van der Waals surface area (Å²) < 4.78 is 40.4. The predicted molar refractivity (Wildman–Crippen MR) is 76.6 cm³/mol. The SMILES string of the molecule is O=C(O)c1cc([N+](=O)[O-])ccc1C(=O)c1cccc(OC(F)(F)F)c1. The lowest BCUT2D eigenvalue weighted by atomic mass is 9.97. The van der Waals surface area contributed by atoms with Crippen LogP contribution in [0.2, 0.25) is 0 Å². The van der Waals surface area contributed by atoms with Crippen LogP contribution in [0.5, 0.6) is 5.75 Å². The van der Waals surface area contributed by atoms with E-state index in [0.717, 1.165) is 30.3 Å². The van der Waals surface area contributed by atoms with E-state index in [-0.39, 0.29) is 5.56 Å². The fourth-order valence-corrected chi connectivity index (χ4v) is 2.01. The molecule has 0 atom stereocenters. The normalized spacial score (nSPS) is 11.0. The molecule has 1 N–H and O–H groups in total. The van der Waals surface area contributed by atoms with Crippen LogP contribution >= 0.6 is 0 Å². The van der Waals surface area contributed by atoms with Gasteiger partial charge in [-0.2, -0.15) is 0 Å². The maximum absolute atomic E-state index is 12.4. The molecule has 0 aromatic heterocycles. The highest BCUT2D eigenvalue weighted by molar-refractivity contribution is 6.14. The van der Waals surface area contributed by atoms with Crippen LogP contribution in [0.15, 0.2) is 42.5 Å². The lowest BCUT2D eigenvalue weighted by Gasteiger charge is -2.10. The maximum Gasteiger partial charge on any atom is 0.573 e. The van der Waals surface area contributed by atoms with Crippen LogP contribution in [0.3, 0.4) is 0 Å². The summed E-state index contributed by atoms with van der Waals surface area (Å²) in [5, 5.41) is 19.8. The van der Waals surface area contributed by atoms with Crippen molar-refractivity contribution >= 4 is 17.4 Å². The Morgan fingerprint density at radius 2 is 1.76 bits per heavy atom. The van der Waals surface area contributed by atoms with Gasteiger partial charge in [0.2, 0.25) is 0 Å². The molecule has 2 aromatic carbocycles. The minimum Gasteiger partial charge on any atom is -0.478 e. The van der Waals surface area contributed by atoms with Crippen LogP contribution in [-0.4, -0.2) is 28.1 Å². The summed E-state index contributed by atoms with van der Waals surface area (Å²) in [5.41, 5.74) is -1.84. The molecule has 0 unspecified atom stereocenters. The Labute approximate surface area is 137 Å². The first-order valence-electron chi connectivity index (χ1n) is 6.51. The molecule has 0 saturated carbocycles. The van der Waals surface area contributed by atoms with Crippen molar-refractivity contribution in [2.45, 2.75) is 6.36 Å². The third kappa shape index (κ3) is 4.31.